The van der Waals surface area contributed by atoms with Crippen molar-refractivity contribution in [1.82, 2.24) is 15.1 Å². The molecule has 1 aromatic heterocycles. The van der Waals surface area contributed by atoms with Crippen LogP contribution < -0.4 is 5.32 Å². The molecule has 2 atom stereocenters. The fourth-order valence-corrected chi connectivity index (χ4v) is 1.97. The second-order valence-corrected chi connectivity index (χ2v) is 3.65. The molecule has 3 heteroatoms. The number of nitrogens with one attached hydrogen (secondary N) is 1. The lowest BCUT2D eigenvalue weighted by atomic mass is 10.0. The summed E-state index contributed by atoms with van der Waals surface area (Å²) >= 11 is 0. The van der Waals surface area contributed by atoms with E-state index in [4.69, 9.17) is 0 Å². The molecule has 0 saturated heterocycles. The lowest BCUT2D eigenvalue weighted by molar-refractivity contribution is 0.314. The van der Waals surface area contributed by atoms with Crippen molar-refractivity contribution in [1.29, 1.82) is 0 Å². The van der Waals surface area contributed by atoms with Crippen LogP contribution in [0.1, 0.15) is 39.2 Å². The zero-order chi connectivity index (χ0) is 10.4. The number of aromatic nitrogens is 2. The molecule has 3 nitrogen and oxygen atoms in total. The first-order valence-electron chi connectivity index (χ1n) is 5.49. The minimum atomic E-state index is 0.481. The molecule has 0 spiro atoms. The summed E-state index contributed by atoms with van der Waals surface area (Å²) in [4.78, 5) is 0. The van der Waals surface area contributed by atoms with Crippen molar-refractivity contribution in [3.8, 4) is 0 Å². The standard InChI is InChI=1S/C11H21N3/c1-4-7-10(12-3)11(5-2)14-9-6-8-13-14/h6,8-12H,4-5,7H2,1-3H3. The molecule has 1 N–H and O–H groups in total. The first kappa shape index (κ1) is 11.2. The Labute approximate surface area is 86.5 Å². The topological polar surface area (TPSA) is 29.9 Å². The van der Waals surface area contributed by atoms with E-state index < -0.39 is 0 Å². The highest BCUT2D eigenvalue weighted by Gasteiger charge is 2.18. The summed E-state index contributed by atoms with van der Waals surface area (Å²) in [6.45, 7) is 4.44. The molecule has 0 aliphatic carbocycles. The normalized spacial score (nSPS) is 15.4. The Balaban J connectivity index is 2.68. The largest absolute Gasteiger partial charge is 0.315 e. The Bertz CT molecular complexity index is 231. The van der Waals surface area contributed by atoms with E-state index in [2.05, 4.69) is 28.9 Å². The molecule has 0 fully saturated rings. The maximum Gasteiger partial charge on any atom is 0.0669 e. The molecule has 0 aromatic carbocycles. The fraction of sp³-hybridized carbons (Fsp3) is 0.727. The Morgan fingerprint density at radius 2 is 2.21 bits per heavy atom. The van der Waals surface area contributed by atoms with Gasteiger partial charge in [0.25, 0.3) is 0 Å². The second-order valence-electron chi connectivity index (χ2n) is 3.65. The van der Waals surface area contributed by atoms with Crippen LogP contribution in [0.25, 0.3) is 0 Å². The molecule has 0 saturated carbocycles. The smallest absolute Gasteiger partial charge is 0.0669 e. The van der Waals surface area contributed by atoms with Gasteiger partial charge in [0.05, 0.1) is 6.04 Å². The minimum Gasteiger partial charge on any atom is -0.315 e. The maximum absolute atomic E-state index is 4.32. The van der Waals surface area contributed by atoms with Crippen molar-refractivity contribution < 1.29 is 0 Å². The first-order chi connectivity index (χ1) is 6.83. The highest BCUT2D eigenvalue weighted by Crippen LogP contribution is 2.18. The van der Waals surface area contributed by atoms with Crippen LogP contribution in [0.4, 0.5) is 0 Å². The number of hydrogen-bond acceptors (Lipinski definition) is 2. The van der Waals surface area contributed by atoms with Crippen LogP contribution in [-0.4, -0.2) is 22.9 Å². The lowest BCUT2D eigenvalue weighted by Crippen LogP contribution is -2.35. The summed E-state index contributed by atoms with van der Waals surface area (Å²) in [7, 11) is 2.03. The molecular weight excluding hydrogens is 174 g/mol. The van der Waals surface area contributed by atoms with Gasteiger partial charge in [-0.25, -0.2) is 0 Å². The van der Waals surface area contributed by atoms with Gasteiger partial charge in [-0.3, -0.25) is 4.68 Å². The van der Waals surface area contributed by atoms with Gasteiger partial charge >= 0.3 is 0 Å². The Hall–Kier alpha value is -0.830. The van der Waals surface area contributed by atoms with Gasteiger partial charge in [0.15, 0.2) is 0 Å². The maximum atomic E-state index is 4.32. The van der Waals surface area contributed by atoms with Crippen LogP contribution in [0.3, 0.4) is 0 Å². The van der Waals surface area contributed by atoms with E-state index in [1.54, 1.807) is 0 Å². The van der Waals surface area contributed by atoms with E-state index in [1.807, 2.05) is 25.5 Å². The summed E-state index contributed by atoms with van der Waals surface area (Å²) in [5.74, 6) is 0. The van der Waals surface area contributed by atoms with E-state index in [0.29, 0.717) is 12.1 Å². The summed E-state index contributed by atoms with van der Waals surface area (Å²) in [6, 6.07) is 3.00. The SMILES string of the molecule is CCCC(NC)C(CC)n1cccn1. The molecular formula is C11H21N3. The Morgan fingerprint density at radius 1 is 1.43 bits per heavy atom. The number of nitrogens with zero attached hydrogens (tertiary/aromatic N) is 2. The van der Waals surface area contributed by atoms with Crippen molar-refractivity contribution in [2.45, 2.75) is 45.2 Å². The van der Waals surface area contributed by atoms with Crippen molar-refractivity contribution in [3.05, 3.63) is 18.5 Å². The molecule has 0 bridgehead atoms. The van der Waals surface area contributed by atoms with Gasteiger partial charge in [0, 0.05) is 18.4 Å². The summed E-state index contributed by atoms with van der Waals surface area (Å²) in [6.07, 6.45) is 7.43. The summed E-state index contributed by atoms with van der Waals surface area (Å²) in [5.41, 5.74) is 0. The van der Waals surface area contributed by atoms with E-state index in [-0.39, 0.29) is 0 Å². The van der Waals surface area contributed by atoms with Crippen molar-refractivity contribution in [2.24, 2.45) is 0 Å². The molecule has 1 heterocycles. The second kappa shape index (κ2) is 5.81. The van der Waals surface area contributed by atoms with E-state index >= 15 is 0 Å². The van der Waals surface area contributed by atoms with Crippen LogP contribution >= 0.6 is 0 Å². The molecule has 80 valence electrons. The predicted octanol–water partition coefficient (Wildman–Crippen LogP) is 2.22. The van der Waals surface area contributed by atoms with Crippen molar-refractivity contribution in [3.63, 3.8) is 0 Å². The monoisotopic (exact) mass is 195 g/mol. The van der Waals surface area contributed by atoms with Crippen molar-refractivity contribution in [2.75, 3.05) is 7.05 Å². The molecule has 0 amide bonds. The van der Waals surface area contributed by atoms with Gasteiger partial charge in [-0.05, 0) is 26.0 Å². The zero-order valence-corrected chi connectivity index (χ0v) is 9.40. The van der Waals surface area contributed by atoms with Gasteiger partial charge < -0.3 is 5.32 Å². The average Bonchev–Trinajstić information content (AvgIpc) is 2.71. The number of hydrogen-bond donors (Lipinski definition) is 1. The molecule has 1 aromatic rings. The van der Waals surface area contributed by atoms with Gasteiger partial charge in [-0.1, -0.05) is 20.3 Å². The fourth-order valence-electron chi connectivity index (χ4n) is 1.97. The highest BCUT2D eigenvalue weighted by molar-refractivity contribution is 4.86. The molecule has 2 unspecified atom stereocenters. The van der Waals surface area contributed by atoms with Gasteiger partial charge in [-0.15, -0.1) is 0 Å². The van der Waals surface area contributed by atoms with Crippen LogP contribution in [0, 0.1) is 0 Å². The zero-order valence-electron chi connectivity index (χ0n) is 9.40. The Morgan fingerprint density at radius 3 is 2.64 bits per heavy atom. The van der Waals surface area contributed by atoms with Crippen LogP contribution in [0.5, 0.6) is 0 Å². The van der Waals surface area contributed by atoms with Crippen LogP contribution in [0.15, 0.2) is 18.5 Å². The predicted molar refractivity (Wildman–Crippen MR) is 59.3 cm³/mol. The molecule has 0 aliphatic rings. The third kappa shape index (κ3) is 2.58. The third-order valence-electron chi connectivity index (χ3n) is 2.72. The first-order valence-corrected chi connectivity index (χ1v) is 5.49. The van der Waals surface area contributed by atoms with E-state index in [9.17, 15) is 0 Å². The molecule has 0 aliphatic heterocycles. The van der Waals surface area contributed by atoms with Gasteiger partial charge in [0.1, 0.15) is 0 Å². The van der Waals surface area contributed by atoms with Gasteiger partial charge in [-0.2, -0.15) is 5.10 Å². The third-order valence-corrected chi connectivity index (χ3v) is 2.72. The van der Waals surface area contributed by atoms with Crippen LogP contribution in [0.2, 0.25) is 0 Å². The molecule has 0 radical (unpaired) electrons. The average molecular weight is 195 g/mol. The van der Waals surface area contributed by atoms with Crippen LogP contribution in [-0.2, 0) is 0 Å². The molecule has 1 rings (SSSR count). The summed E-state index contributed by atoms with van der Waals surface area (Å²) < 4.78 is 2.07. The van der Waals surface area contributed by atoms with Gasteiger partial charge in [0.2, 0.25) is 0 Å². The van der Waals surface area contributed by atoms with E-state index in [1.165, 1.54) is 12.8 Å². The summed E-state index contributed by atoms with van der Waals surface area (Å²) in [5, 5.41) is 7.70. The highest BCUT2D eigenvalue weighted by atomic mass is 15.3. The molecule has 14 heavy (non-hydrogen) atoms. The Kier molecular flexibility index (Phi) is 4.66. The lowest BCUT2D eigenvalue weighted by Gasteiger charge is -2.25. The van der Waals surface area contributed by atoms with Crippen molar-refractivity contribution >= 4 is 0 Å². The number of likely N-dealkylation sites (N-methyl/N-ethyl adjacent to an activating group) is 1. The quantitative estimate of drug-likeness (QED) is 0.754. The van der Waals surface area contributed by atoms with E-state index in [0.717, 1.165) is 6.42 Å². The number of rotatable bonds is 6. The minimum absolute atomic E-state index is 0.481.